The molecule has 0 aliphatic carbocycles. The Morgan fingerprint density at radius 1 is 1.24 bits per heavy atom. The van der Waals surface area contributed by atoms with Gasteiger partial charge < -0.3 is 10.1 Å². The molecule has 1 rings (SSSR count). The van der Waals surface area contributed by atoms with Crippen molar-refractivity contribution in [3.05, 3.63) is 41.5 Å². The second-order valence-corrected chi connectivity index (χ2v) is 4.41. The Labute approximate surface area is 105 Å². The second kappa shape index (κ2) is 7.91. The standard InChI is InChI=1S/C15H23NO/c1-4-10-16-12-14-5-7-15(8-6-14)17-11-9-13(2)3/h5-9,16H,4,10-12H2,1-3H3. The number of hydrogen-bond acceptors (Lipinski definition) is 2. The summed E-state index contributed by atoms with van der Waals surface area (Å²) in [6, 6.07) is 8.28. The Morgan fingerprint density at radius 2 is 1.94 bits per heavy atom. The minimum Gasteiger partial charge on any atom is -0.490 e. The van der Waals surface area contributed by atoms with E-state index in [0.29, 0.717) is 6.61 Å². The maximum atomic E-state index is 5.60. The molecule has 0 unspecified atom stereocenters. The average molecular weight is 233 g/mol. The summed E-state index contributed by atoms with van der Waals surface area (Å²) in [6.07, 6.45) is 3.25. The first-order valence-electron chi connectivity index (χ1n) is 6.28. The summed E-state index contributed by atoms with van der Waals surface area (Å²) in [4.78, 5) is 0. The van der Waals surface area contributed by atoms with E-state index in [1.807, 2.05) is 12.1 Å². The van der Waals surface area contributed by atoms with Crippen LogP contribution in [-0.4, -0.2) is 13.2 Å². The fraction of sp³-hybridized carbons (Fsp3) is 0.467. The molecule has 17 heavy (non-hydrogen) atoms. The van der Waals surface area contributed by atoms with Crippen molar-refractivity contribution in [1.82, 2.24) is 5.32 Å². The predicted molar refractivity (Wildman–Crippen MR) is 73.4 cm³/mol. The maximum absolute atomic E-state index is 5.60. The molecule has 0 atom stereocenters. The summed E-state index contributed by atoms with van der Waals surface area (Å²) in [5.41, 5.74) is 2.58. The van der Waals surface area contributed by atoms with Crippen molar-refractivity contribution >= 4 is 0 Å². The highest BCUT2D eigenvalue weighted by Gasteiger charge is 1.94. The molecular formula is C15H23NO. The average Bonchev–Trinajstić information content (AvgIpc) is 2.31. The highest BCUT2D eigenvalue weighted by atomic mass is 16.5. The third-order valence-corrected chi connectivity index (χ3v) is 2.42. The molecule has 0 fully saturated rings. The van der Waals surface area contributed by atoms with Crippen LogP contribution in [0.2, 0.25) is 0 Å². The third-order valence-electron chi connectivity index (χ3n) is 2.42. The summed E-state index contributed by atoms with van der Waals surface area (Å²) in [5, 5.41) is 3.38. The van der Waals surface area contributed by atoms with E-state index in [2.05, 4.69) is 44.3 Å². The van der Waals surface area contributed by atoms with Crippen molar-refractivity contribution in [1.29, 1.82) is 0 Å². The van der Waals surface area contributed by atoms with Crippen LogP contribution in [0.3, 0.4) is 0 Å². The van der Waals surface area contributed by atoms with Crippen LogP contribution in [0, 0.1) is 0 Å². The number of nitrogens with one attached hydrogen (secondary N) is 1. The van der Waals surface area contributed by atoms with E-state index in [1.54, 1.807) is 0 Å². The van der Waals surface area contributed by atoms with Gasteiger partial charge in [-0.2, -0.15) is 0 Å². The molecule has 0 bridgehead atoms. The molecule has 0 amide bonds. The molecule has 94 valence electrons. The normalized spacial score (nSPS) is 10.1. The molecule has 0 radical (unpaired) electrons. The molecule has 0 aromatic heterocycles. The molecule has 0 saturated carbocycles. The minimum absolute atomic E-state index is 0.649. The van der Waals surface area contributed by atoms with Crippen LogP contribution >= 0.6 is 0 Å². The maximum Gasteiger partial charge on any atom is 0.119 e. The lowest BCUT2D eigenvalue weighted by Crippen LogP contribution is -2.13. The Hall–Kier alpha value is -1.28. The minimum atomic E-state index is 0.649. The van der Waals surface area contributed by atoms with Crippen molar-refractivity contribution in [2.75, 3.05) is 13.2 Å². The zero-order chi connectivity index (χ0) is 12.5. The molecule has 1 aromatic rings. The van der Waals surface area contributed by atoms with Crippen molar-refractivity contribution < 1.29 is 4.74 Å². The van der Waals surface area contributed by atoms with Crippen LogP contribution in [0.4, 0.5) is 0 Å². The van der Waals surface area contributed by atoms with Gasteiger partial charge in [-0.1, -0.05) is 24.6 Å². The Kier molecular flexibility index (Phi) is 6.41. The number of allylic oxidation sites excluding steroid dienone is 1. The lowest BCUT2D eigenvalue weighted by Gasteiger charge is -2.06. The molecule has 1 aromatic carbocycles. The Balaban J connectivity index is 2.36. The first kappa shape index (κ1) is 13.8. The van der Waals surface area contributed by atoms with Crippen LogP contribution in [0.25, 0.3) is 0 Å². The number of ether oxygens (including phenoxy) is 1. The molecular weight excluding hydrogens is 210 g/mol. The van der Waals surface area contributed by atoms with Crippen LogP contribution in [0.1, 0.15) is 32.8 Å². The summed E-state index contributed by atoms with van der Waals surface area (Å²) in [5.74, 6) is 0.932. The van der Waals surface area contributed by atoms with Gasteiger partial charge in [0.25, 0.3) is 0 Å². The SMILES string of the molecule is CCCNCc1ccc(OCC=C(C)C)cc1. The van der Waals surface area contributed by atoms with Gasteiger partial charge in [0.2, 0.25) is 0 Å². The molecule has 2 nitrogen and oxygen atoms in total. The highest BCUT2D eigenvalue weighted by molar-refractivity contribution is 5.27. The Bertz CT molecular complexity index is 336. The third kappa shape index (κ3) is 6.12. The largest absolute Gasteiger partial charge is 0.490 e. The molecule has 2 heteroatoms. The van der Waals surface area contributed by atoms with Gasteiger partial charge in [0, 0.05) is 6.54 Å². The van der Waals surface area contributed by atoms with E-state index in [9.17, 15) is 0 Å². The van der Waals surface area contributed by atoms with Gasteiger partial charge in [-0.3, -0.25) is 0 Å². The van der Waals surface area contributed by atoms with Gasteiger partial charge in [0.05, 0.1) is 0 Å². The van der Waals surface area contributed by atoms with Gasteiger partial charge in [0.15, 0.2) is 0 Å². The first-order valence-corrected chi connectivity index (χ1v) is 6.28. The van der Waals surface area contributed by atoms with Crippen molar-refractivity contribution in [3.8, 4) is 5.75 Å². The van der Waals surface area contributed by atoms with Gasteiger partial charge in [-0.25, -0.2) is 0 Å². The van der Waals surface area contributed by atoms with E-state index >= 15 is 0 Å². The molecule has 0 saturated heterocycles. The number of rotatable bonds is 7. The Morgan fingerprint density at radius 3 is 2.53 bits per heavy atom. The summed E-state index contributed by atoms with van der Waals surface area (Å²) >= 11 is 0. The van der Waals surface area contributed by atoms with Crippen LogP contribution in [0.5, 0.6) is 5.75 Å². The van der Waals surface area contributed by atoms with E-state index < -0.39 is 0 Å². The smallest absolute Gasteiger partial charge is 0.119 e. The van der Waals surface area contributed by atoms with E-state index in [4.69, 9.17) is 4.74 Å². The van der Waals surface area contributed by atoms with Crippen molar-refractivity contribution in [2.24, 2.45) is 0 Å². The van der Waals surface area contributed by atoms with Gasteiger partial charge in [-0.15, -0.1) is 0 Å². The molecule has 0 heterocycles. The summed E-state index contributed by atoms with van der Waals surface area (Å²) in [7, 11) is 0. The van der Waals surface area contributed by atoms with Crippen molar-refractivity contribution in [2.45, 2.75) is 33.7 Å². The highest BCUT2D eigenvalue weighted by Crippen LogP contribution is 2.12. The molecule has 0 aliphatic rings. The van der Waals surface area contributed by atoms with E-state index in [-0.39, 0.29) is 0 Å². The zero-order valence-electron chi connectivity index (χ0n) is 11.1. The monoisotopic (exact) mass is 233 g/mol. The fourth-order valence-electron chi connectivity index (χ4n) is 1.42. The van der Waals surface area contributed by atoms with Crippen molar-refractivity contribution in [3.63, 3.8) is 0 Å². The number of benzene rings is 1. The zero-order valence-corrected chi connectivity index (χ0v) is 11.1. The number of hydrogen-bond donors (Lipinski definition) is 1. The predicted octanol–water partition coefficient (Wildman–Crippen LogP) is 3.53. The van der Waals surface area contributed by atoms with E-state index in [0.717, 1.165) is 18.8 Å². The van der Waals surface area contributed by atoms with Gasteiger partial charge in [0.1, 0.15) is 12.4 Å². The lowest BCUT2D eigenvalue weighted by atomic mass is 10.2. The quantitative estimate of drug-likeness (QED) is 0.574. The van der Waals surface area contributed by atoms with Gasteiger partial charge in [-0.05, 0) is 50.6 Å². The second-order valence-electron chi connectivity index (χ2n) is 4.41. The molecule has 1 N–H and O–H groups in total. The van der Waals surface area contributed by atoms with Crippen LogP contribution in [0.15, 0.2) is 35.9 Å². The fourth-order valence-corrected chi connectivity index (χ4v) is 1.42. The molecule has 0 aliphatic heterocycles. The summed E-state index contributed by atoms with van der Waals surface area (Å²) < 4.78 is 5.60. The topological polar surface area (TPSA) is 21.3 Å². The lowest BCUT2D eigenvalue weighted by molar-refractivity contribution is 0.362. The van der Waals surface area contributed by atoms with Gasteiger partial charge >= 0.3 is 0 Å². The van der Waals surface area contributed by atoms with Crippen LogP contribution < -0.4 is 10.1 Å². The first-order chi connectivity index (χ1) is 8.22. The molecule has 0 spiro atoms. The van der Waals surface area contributed by atoms with E-state index in [1.165, 1.54) is 17.6 Å². The van der Waals surface area contributed by atoms with Crippen LogP contribution in [-0.2, 0) is 6.54 Å². The summed E-state index contributed by atoms with van der Waals surface area (Å²) in [6.45, 7) is 8.97.